The van der Waals surface area contributed by atoms with E-state index in [1.54, 1.807) is 32.9 Å². The number of nitrogens with zero attached hydrogens (tertiary/aromatic N) is 1. The van der Waals surface area contributed by atoms with Gasteiger partial charge in [0.2, 0.25) is 11.8 Å². The third-order valence-electron chi connectivity index (χ3n) is 6.41. The van der Waals surface area contributed by atoms with E-state index in [0.29, 0.717) is 17.7 Å². The largest absolute Gasteiger partial charge is 0.508 e. The SMILES string of the molecule is CCCCCCN(C(=O)C(CC(N)=O)NC(=O)OC(C)(C)C)C(C(=O)Nc1c(C)cccc1C)c1cccc(O)c1. The molecule has 0 heterocycles. The first kappa shape index (κ1) is 33.1. The highest BCUT2D eigenvalue weighted by Gasteiger charge is 2.37. The van der Waals surface area contributed by atoms with E-state index in [1.165, 1.54) is 17.0 Å². The average Bonchev–Trinajstić information content (AvgIpc) is 2.86. The number of phenols is 1. The van der Waals surface area contributed by atoms with Gasteiger partial charge in [0.25, 0.3) is 5.91 Å². The number of unbranched alkanes of at least 4 members (excludes halogenated alkanes) is 3. The number of hydrogen-bond acceptors (Lipinski definition) is 6. The Morgan fingerprint density at radius 1 is 1.00 bits per heavy atom. The van der Waals surface area contributed by atoms with Crippen molar-refractivity contribution >= 4 is 29.5 Å². The van der Waals surface area contributed by atoms with Crippen LogP contribution in [0.2, 0.25) is 0 Å². The van der Waals surface area contributed by atoms with E-state index in [0.717, 1.165) is 30.4 Å². The summed E-state index contributed by atoms with van der Waals surface area (Å²) in [7, 11) is 0. The van der Waals surface area contributed by atoms with Crippen LogP contribution in [-0.4, -0.2) is 52.0 Å². The predicted octanol–water partition coefficient (Wildman–Crippen LogP) is 4.87. The molecule has 0 saturated heterocycles. The number of primary amides is 1. The number of benzene rings is 2. The Labute approximate surface area is 242 Å². The zero-order chi connectivity index (χ0) is 30.7. The molecule has 5 N–H and O–H groups in total. The van der Waals surface area contributed by atoms with Crippen molar-refractivity contribution in [2.45, 2.75) is 91.3 Å². The van der Waals surface area contributed by atoms with Gasteiger partial charge in [-0.15, -0.1) is 0 Å². The van der Waals surface area contributed by atoms with Crippen LogP contribution in [-0.2, 0) is 19.1 Å². The van der Waals surface area contributed by atoms with Crippen LogP contribution in [0.5, 0.6) is 5.75 Å². The summed E-state index contributed by atoms with van der Waals surface area (Å²) in [5, 5.41) is 15.7. The van der Waals surface area contributed by atoms with Crippen molar-refractivity contribution in [3.63, 3.8) is 0 Å². The molecule has 2 aromatic rings. The van der Waals surface area contributed by atoms with Crippen molar-refractivity contribution in [3.05, 3.63) is 59.2 Å². The van der Waals surface area contributed by atoms with Gasteiger partial charge >= 0.3 is 6.09 Å². The van der Waals surface area contributed by atoms with E-state index in [4.69, 9.17) is 10.5 Å². The van der Waals surface area contributed by atoms with Crippen LogP contribution < -0.4 is 16.4 Å². The third-order valence-corrected chi connectivity index (χ3v) is 6.41. The fourth-order valence-electron chi connectivity index (χ4n) is 4.50. The second kappa shape index (κ2) is 15.1. The highest BCUT2D eigenvalue weighted by Crippen LogP contribution is 2.29. The minimum Gasteiger partial charge on any atom is -0.508 e. The van der Waals surface area contributed by atoms with Crippen molar-refractivity contribution in [3.8, 4) is 5.75 Å². The lowest BCUT2D eigenvalue weighted by atomic mass is 10.00. The molecule has 2 rings (SSSR count). The van der Waals surface area contributed by atoms with Crippen LogP contribution in [0.1, 0.15) is 82.5 Å². The molecule has 0 bridgehead atoms. The molecule has 0 fully saturated rings. The monoisotopic (exact) mass is 568 g/mol. The summed E-state index contributed by atoms with van der Waals surface area (Å²) in [6.45, 7) is 11.0. The van der Waals surface area contributed by atoms with Gasteiger partial charge in [0.05, 0.1) is 6.42 Å². The smallest absolute Gasteiger partial charge is 0.408 e. The van der Waals surface area contributed by atoms with Gasteiger partial charge in [-0.05, 0) is 69.9 Å². The van der Waals surface area contributed by atoms with Crippen LogP contribution in [0.3, 0.4) is 0 Å². The van der Waals surface area contributed by atoms with Gasteiger partial charge < -0.3 is 31.1 Å². The van der Waals surface area contributed by atoms with Gasteiger partial charge in [0.15, 0.2) is 0 Å². The van der Waals surface area contributed by atoms with Gasteiger partial charge in [0.1, 0.15) is 23.4 Å². The van der Waals surface area contributed by atoms with Crippen LogP contribution >= 0.6 is 0 Å². The molecule has 0 spiro atoms. The Morgan fingerprint density at radius 2 is 1.63 bits per heavy atom. The zero-order valence-electron chi connectivity index (χ0n) is 25.0. The molecular weight excluding hydrogens is 524 g/mol. The fourth-order valence-corrected chi connectivity index (χ4v) is 4.50. The van der Waals surface area contributed by atoms with Gasteiger partial charge in [-0.1, -0.05) is 56.5 Å². The summed E-state index contributed by atoms with van der Waals surface area (Å²) in [5.41, 5.74) is 7.28. The highest BCUT2D eigenvalue weighted by atomic mass is 16.6. The maximum Gasteiger partial charge on any atom is 0.408 e. The van der Waals surface area contributed by atoms with Gasteiger partial charge in [-0.2, -0.15) is 0 Å². The maximum atomic E-state index is 14.1. The van der Waals surface area contributed by atoms with Gasteiger partial charge in [-0.3, -0.25) is 14.4 Å². The Hall–Kier alpha value is -4.08. The van der Waals surface area contributed by atoms with Crippen molar-refractivity contribution < 1.29 is 29.0 Å². The number of ether oxygens (including phenoxy) is 1. The van der Waals surface area contributed by atoms with E-state index in [2.05, 4.69) is 17.6 Å². The molecule has 0 radical (unpaired) electrons. The van der Waals surface area contributed by atoms with Crippen LogP contribution in [0, 0.1) is 13.8 Å². The summed E-state index contributed by atoms with van der Waals surface area (Å²) in [6.07, 6.45) is 1.87. The Morgan fingerprint density at radius 3 is 2.20 bits per heavy atom. The number of para-hydroxylation sites is 1. The van der Waals surface area contributed by atoms with E-state index in [9.17, 15) is 24.3 Å². The number of phenolic OH excluding ortho intramolecular Hbond substituents is 1. The molecule has 2 aromatic carbocycles. The van der Waals surface area contributed by atoms with Gasteiger partial charge in [-0.25, -0.2) is 4.79 Å². The Bertz CT molecular complexity index is 1200. The molecule has 2 unspecified atom stereocenters. The molecule has 10 heteroatoms. The number of anilines is 1. The summed E-state index contributed by atoms with van der Waals surface area (Å²) in [4.78, 5) is 54.1. The van der Waals surface area contributed by atoms with Crippen molar-refractivity contribution in [1.29, 1.82) is 0 Å². The van der Waals surface area contributed by atoms with Crippen LogP contribution in [0.4, 0.5) is 10.5 Å². The molecule has 0 saturated carbocycles. The van der Waals surface area contributed by atoms with Crippen LogP contribution in [0.25, 0.3) is 0 Å². The molecule has 0 aliphatic rings. The molecule has 41 heavy (non-hydrogen) atoms. The number of hydrogen-bond donors (Lipinski definition) is 4. The normalized spacial score (nSPS) is 12.6. The minimum atomic E-state index is -1.37. The third kappa shape index (κ3) is 10.4. The van der Waals surface area contributed by atoms with Crippen molar-refractivity contribution in [1.82, 2.24) is 10.2 Å². The first-order valence-corrected chi connectivity index (χ1v) is 14.0. The summed E-state index contributed by atoms with van der Waals surface area (Å²) < 4.78 is 5.32. The number of amides is 4. The highest BCUT2D eigenvalue weighted by molar-refractivity contribution is 6.00. The minimum absolute atomic E-state index is 0.0775. The number of carbonyl (C=O) groups is 4. The number of aromatic hydroxyl groups is 1. The lowest BCUT2D eigenvalue weighted by Crippen LogP contribution is -2.53. The maximum absolute atomic E-state index is 14.1. The summed E-state index contributed by atoms with van der Waals surface area (Å²) in [5.74, 6) is -2.06. The van der Waals surface area contributed by atoms with E-state index in [1.807, 2.05) is 32.0 Å². The Balaban J connectivity index is 2.59. The second-order valence-electron chi connectivity index (χ2n) is 11.2. The number of aryl methyl sites for hydroxylation is 2. The summed E-state index contributed by atoms with van der Waals surface area (Å²) in [6, 6.07) is 9.18. The first-order chi connectivity index (χ1) is 19.2. The lowest BCUT2D eigenvalue weighted by molar-refractivity contribution is -0.142. The first-order valence-electron chi connectivity index (χ1n) is 14.0. The number of nitrogens with one attached hydrogen (secondary N) is 2. The van der Waals surface area contributed by atoms with Gasteiger partial charge in [0, 0.05) is 12.2 Å². The van der Waals surface area contributed by atoms with Crippen LogP contribution in [0.15, 0.2) is 42.5 Å². The molecule has 2 atom stereocenters. The molecule has 0 aliphatic heterocycles. The Kier molecular flexibility index (Phi) is 12.2. The molecule has 4 amide bonds. The molecular formula is C31H44N4O6. The number of carbonyl (C=O) groups excluding carboxylic acids is 4. The molecule has 0 aromatic heterocycles. The predicted molar refractivity (Wildman–Crippen MR) is 158 cm³/mol. The molecule has 0 aliphatic carbocycles. The number of alkyl carbamates (subject to hydrolysis) is 1. The fraction of sp³-hybridized carbons (Fsp3) is 0.484. The average molecular weight is 569 g/mol. The van der Waals surface area contributed by atoms with E-state index in [-0.39, 0.29) is 12.3 Å². The topological polar surface area (TPSA) is 151 Å². The second-order valence-corrected chi connectivity index (χ2v) is 11.2. The number of nitrogens with two attached hydrogens (primary N) is 1. The number of rotatable bonds is 13. The standard InChI is InChI=1S/C31H44N4O6/c1-7-8-9-10-17-35(29(39)24(19-25(32)37)33-30(40)41-31(4,5)6)27(22-15-12-16-23(36)18-22)28(38)34-26-20(2)13-11-14-21(26)3/h11-16,18,24,27,36H,7-10,17,19H2,1-6H3,(H2,32,37)(H,33,40)(H,34,38). The van der Waals surface area contributed by atoms with Crippen molar-refractivity contribution in [2.24, 2.45) is 5.73 Å². The zero-order valence-corrected chi connectivity index (χ0v) is 25.0. The van der Waals surface area contributed by atoms with E-state index >= 15 is 0 Å². The lowest BCUT2D eigenvalue weighted by Gasteiger charge is -2.34. The summed E-state index contributed by atoms with van der Waals surface area (Å²) >= 11 is 0. The quantitative estimate of drug-likeness (QED) is 0.253. The molecule has 10 nitrogen and oxygen atoms in total. The van der Waals surface area contributed by atoms with E-state index < -0.39 is 47.9 Å². The van der Waals surface area contributed by atoms with Crippen molar-refractivity contribution in [2.75, 3.05) is 11.9 Å². The molecule has 224 valence electrons.